The Morgan fingerprint density at radius 3 is 3.06 bits per heavy atom. The number of aryl methyl sites for hydroxylation is 1. The van der Waals surface area contributed by atoms with Gasteiger partial charge in [-0.15, -0.1) is 0 Å². The van der Waals surface area contributed by atoms with Gasteiger partial charge in [-0.05, 0) is 24.1 Å². The zero-order chi connectivity index (χ0) is 13.0. The van der Waals surface area contributed by atoms with E-state index in [0.29, 0.717) is 12.2 Å². The molecule has 0 aliphatic rings. The summed E-state index contributed by atoms with van der Waals surface area (Å²) in [4.78, 5) is 3.93. The number of nitrogen functional groups attached to an aromatic ring is 1. The Kier molecular flexibility index (Phi) is 3.94. The summed E-state index contributed by atoms with van der Waals surface area (Å²) < 4.78 is 1.85. The highest BCUT2D eigenvalue weighted by atomic mass is 16.3. The third-order valence-electron chi connectivity index (χ3n) is 2.77. The van der Waals surface area contributed by atoms with Crippen molar-refractivity contribution < 1.29 is 5.11 Å². The summed E-state index contributed by atoms with van der Waals surface area (Å²) in [5.74, 6) is 0.473. The molecule has 5 nitrogen and oxygen atoms in total. The fourth-order valence-electron chi connectivity index (χ4n) is 1.87. The molecule has 2 rings (SSSR count). The number of hydrogen-bond acceptors (Lipinski definition) is 4. The molecule has 1 atom stereocenters. The Morgan fingerprint density at radius 2 is 2.33 bits per heavy atom. The maximum absolute atomic E-state index is 10.1. The number of aliphatic hydroxyl groups is 1. The minimum Gasteiger partial charge on any atom is -0.388 e. The summed E-state index contributed by atoms with van der Waals surface area (Å²) >= 11 is 0. The van der Waals surface area contributed by atoms with Crippen LogP contribution in [0.25, 0.3) is 0 Å². The lowest BCUT2D eigenvalue weighted by Gasteiger charge is -2.08. The topological polar surface area (TPSA) is 77.0 Å². The number of aromatic nitrogens is 3. The maximum atomic E-state index is 10.1. The van der Waals surface area contributed by atoms with Crippen LogP contribution in [0.5, 0.6) is 0 Å². The highest BCUT2D eigenvalue weighted by Crippen LogP contribution is 2.18. The lowest BCUT2D eigenvalue weighted by atomic mass is 10.1. The zero-order valence-electron chi connectivity index (χ0n) is 10.5. The molecular formula is C13H18N4O. The molecule has 0 saturated heterocycles. The molecule has 0 spiro atoms. The highest BCUT2D eigenvalue weighted by molar-refractivity contribution is 5.32. The average molecular weight is 246 g/mol. The molecule has 96 valence electrons. The van der Waals surface area contributed by atoms with Crippen molar-refractivity contribution in [3.8, 4) is 0 Å². The van der Waals surface area contributed by atoms with Gasteiger partial charge in [-0.2, -0.15) is 5.10 Å². The predicted molar refractivity (Wildman–Crippen MR) is 69.8 cm³/mol. The number of rotatable bonds is 5. The monoisotopic (exact) mass is 246 g/mol. The summed E-state index contributed by atoms with van der Waals surface area (Å²) in [5.41, 5.74) is 7.41. The van der Waals surface area contributed by atoms with Crippen LogP contribution < -0.4 is 5.73 Å². The minimum absolute atomic E-state index is 0.473. The van der Waals surface area contributed by atoms with Crippen molar-refractivity contribution in [2.75, 3.05) is 5.73 Å². The van der Waals surface area contributed by atoms with Crippen LogP contribution in [-0.2, 0) is 13.0 Å². The second-order valence-electron chi connectivity index (χ2n) is 4.35. The minimum atomic E-state index is -0.558. The molecule has 2 aromatic heterocycles. The third kappa shape index (κ3) is 3.07. The van der Waals surface area contributed by atoms with E-state index in [9.17, 15) is 5.11 Å². The Morgan fingerprint density at radius 1 is 1.50 bits per heavy atom. The van der Waals surface area contributed by atoms with Crippen molar-refractivity contribution >= 4 is 5.82 Å². The lowest BCUT2D eigenvalue weighted by molar-refractivity contribution is 0.178. The Hall–Kier alpha value is -1.88. The normalized spacial score (nSPS) is 12.6. The van der Waals surface area contributed by atoms with Gasteiger partial charge in [-0.1, -0.05) is 6.92 Å². The van der Waals surface area contributed by atoms with E-state index in [0.717, 1.165) is 24.1 Å². The summed E-state index contributed by atoms with van der Waals surface area (Å²) in [6, 6.07) is 3.63. The molecule has 0 aliphatic heterocycles. The number of pyridine rings is 1. The second-order valence-corrected chi connectivity index (χ2v) is 4.35. The molecule has 18 heavy (non-hydrogen) atoms. The van der Waals surface area contributed by atoms with Crippen LogP contribution in [0.1, 0.15) is 30.6 Å². The second kappa shape index (κ2) is 5.64. The van der Waals surface area contributed by atoms with E-state index in [1.54, 1.807) is 18.5 Å². The number of aliphatic hydroxyl groups excluding tert-OH is 1. The molecule has 0 amide bonds. The van der Waals surface area contributed by atoms with Crippen molar-refractivity contribution in [2.24, 2.45) is 0 Å². The number of nitrogens with two attached hydrogens (primary N) is 1. The molecule has 2 aromatic rings. The van der Waals surface area contributed by atoms with Gasteiger partial charge in [0.2, 0.25) is 0 Å². The van der Waals surface area contributed by atoms with Crippen molar-refractivity contribution in [1.29, 1.82) is 0 Å². The molecule has 0 radical (unpaired) electrons. The summed E-state index contributed by atoms with van der Waals surface area (Å²) in [6.07, 6.45) is 6.24. The van der Waals surface area contributed by atoms with Gasteiger partial charge in [0.15, 0.2) is 0 Å². The van der Waals surface area contributed by atoms with Gasteiger partial charge >= 0.3 is 0 Å². The molecule has 0 fully saturated rings. The van der Waals surface area contributed by atoms with Crippen molar-refractivity contribution in [2.45, 2.75) is 32.4 Å². The largest absolute Gasteiger partial charge is 0.388 e. The van der Waals surface area contributed by atoms with Crippen molar-refractivity contribution in [3.63, 3.8) is 0 Å². The molecule has 0 aliphatic carbocycles. The van der Waals surface area contributed by atoms with Crippen LogP contribution in [-0.4, -0.2) is 19.9 Å². The average Bonchev–Trinajstić information content (AvgIpc) is 2.78. The summed E-state index contributed by atoms with van der Waals surface area (Å²) in [5, 5.41) is 14.3. The summed E-state index contributed by atoms with van der Waals surface area (Å²) in [6.45, 7) is 2.96. The van der Waals surface area contributed by atoms with Crippen LogP contribution in [0.4, 0.5) is 5.82 Å². The molecule has 0 aromatic carbocycles. The first-order valence-corrected chi connectivity index (χ1v) is 6.10. The Labute approximate surface area is 106 Å². The van der Waals surface area contributed by atoms with Gasteiger partial charge in [0.25, 0.3) is 0 Å². The fourth-order valence-corrected chi connectivity index (χ4v) is 1.87. The van der Waals surface area contributed by atoms with Gasteiger partial charge in [0.05, 0.1) is 12.3 Å². The number of hydrogen-bond donors (Lipinski definition) is 2. The van der Waals surface area contributed by atoms with Crippen molar-refractivity contribution in [3.05, 3.63) is 41.9 Å². The van der Waals surface area contributed by atoms with Gasteiger partial charge in [-0.3, -0.25) is 4.68 Å². The van der Waals surface area contributed by atoms with Crippen molar-refractivity contribution in [1.82, 2.24) is 14.8 Å². The SMILES string of the molecule is CCCn1cc(C(O)Cc2ccnc(N)c2)cn1. The molecule has 1 unspecified atom stereocenters. The standard InChI is InChI=1S/C13H18N4O/c1-2-5-17-9-11(8-16-17)12(18)6-10-3-4-15-13(14)7-10/h3-4,7-9,12,18H,2,5-6H2,1H3,(H2,14,15). The van der Waals surface area contributed by atoms with Gasteiger partial charge < -0.3 is 10.8 Å². The van der Waals surface area contributed by atoms with E-state index < -0.39 is 6.10 Å². The zero-order valence-corrected chi connectivity index (χ0v) is 10.5. The first kappa shape index (κ1) is 12.6. The van der Waals surface area contributed by atoms with Crippen LogP contribution in [0.2, 0.25) is 0 Å². The van der Waals surface area contributed by atoms with Crippen LogP contribution in [0.3, 0.4) is 0 Å². The van der Waals surface area contributed by atoms with Crippen LogP contribution in [0, 0.1) is 0 Å². The molecular weight excluding hydrogens is 228 g/mol. The van der Waals surface area contributed by atoms with E-state index in [1.807, 2.05) is 16.9 Å². The van der Waals surface area contributed by atoms with Crippen LogP contribution in [0.15, 0.2) is 30.7 Å². The lowest BCUT2D eigenvalue weighted by Crippen LogP contribution is -2.02. The van der Waals surface area contributed by atoms with E-state index in [1.165, 1.54) is 0 Å². The molecule has 0 saturated carbocycles. The number of nitrogens with zero attached hydrogens (tertiary/aromatic N) is 3. The van der Waals surface area contributed by atoms with E-state index in [4.69, 9.17) is 5.73 Å². The fraction of sp³-hybridized carbons (Fsp3) is 0.385. The van der Waals surface area contributed by atoms with Crippen LogP contribution >= 0.6 is 0 Å². The summed E-state index contributed by atoms with van der Waals surface area (Å²) in [7, 11) is 0. The molecule has 3 N–H and O–H groups in total. The third-order valence-corrected chi connectivity index (χ3v) is 2.77. The van der Waals surface area contributed by atoms with E-state index in [2.05, 4.69) is 17.0 Å². The Bertz CT molecular complexity index is 509. The van der Waals surface area contributed by atoms with E-state index >= 15 is 0 Å². The first-order valence-electron chi connectivity index (χ1n) is 6.10. The quantitative estimate of drug-likeness (QED) is 0.839. The van der Waals surface area contributed by atoms with Gasteiger partial charge in [-0.25, -0.2) is 4.98 Å². The van der Waals surface area contributed by atoms with E-state index in [-0.39, 0.29) is 0 Å². The molecule has 2 heterocycles. The molecule has 0 bridgehead atoms. The first-order chi connectivity index (χ1) is 8.69. The predicted octanol–water partition coefficient (Wildman–Crippen LogP) is 1.55. The Balaban J connectivity index is 2.04. The maximum Gasteiger partial charge on any atom is 0.123 e. The van der Waals surface area contributed by atoms with Gasteiger partial charge in [0, 0.05) is 30.9 Å². The smallest absolute Gasteiger partial charge is 0.123 e. The molecule has 5 heteroatoms. The highest BCUT2D eigenvalue weighted by Gasteiger charge is 2.11. The van der Waals surface area contributed by atoms with Gasteiger partial charge in [0.1, 0.15) is 5.82 Å². The number of anilines is 1.